The normalized spacial score (nSPS) is 20.6. The molecule has 6 rings (SSSR count). The van der Waals surface area contributed by atoms with Gasteiger partial charge in [-0.1, -0.05) is 72.4 Å². The summed E-state index contributed by atoms with van der Waals surface area (Å²) in [5.74, 6) is 0.870. The van der Waals surface area contributed by atoms with Gasteiger partial charge in [-0.25, -0.2) is 4.99 Å². The summed E-state index contributed by atoms with van der Waals surface area (Å²) in [5, 5.41) is 3.30. The molecule has 0 aromatic heterocycles. The van der Waals surface area contributed by atoms with Crippen LogP contribution in [0.1, 0.15) is 42.0 Å². The van der Waals surface area contributed by atoms with Crippen LogP contribution in [0.4, 0.5) is 0 Å². The van der Waals surface area contributed by atoms with E-state index in [2.05, 4.69) is 89.2 Å². The minimum absolute atomic E-state index is 0.145. The summed E-state index contributed by atoms with van der Waals surface area (Å²) in [7, 11) is 1.71. The Balaban J connectivity index is 1.47. The lowest BCUT2D eigenvalue weighted by Gasteiger charge is -2.40. The standard InChI is InChI=1S/C30H26N2OS/c1-33-25-17-15-22(16-18-25)27-20-34-30-31-28-24(19-21-9-4-2-5-10-21)13-8-14-26(28)29(32(27)30)23-11-6-3-7-12-23/h2-7,9-12,15-20,29H,8,13-14H2,1H3/b24-19+. The smallest absolute Gasteiger partial charge is 0.174 e. The van der Waals surface area contributed by atoms with Crippen LogP contribution in [0, 0.1) is 0 Å². The number of fused-ring (bicyclic) bond motifs is 1. The van der Waals surface area contributed by atoms with Crippen molar-refractivity contribution in [2.24, 2.45) is 4.99 Å². The molecule has 1 atom stereocenters. The number of hydrogen-bond donors (Lipinski definition) is 0. The quantitative estimate of drug-likeness (QED) is 0.398. The highest BCUT2D eigenvalue weighted by atomic mass is 32.2. The first-order valence-corrected chi connectivity index (χ1v) is 12.6. The highest BCUT2D eigenvalue weighted by molar-refractivity contribution is 8.16. The van der Waals surface area contributed by atoms with Gasteiger partial charge >= 0.3 is 0 Å². The lowest BCUT2D eigenvalue weighted by molar-refractivity contribution is 0.414. The maximum atomic E-state index is 5.38. The van der Waals surface area contributed by atoms with Crippen molar-refractivity contribution in [1.82, 2.24) is 4.90 Å². The highest BCUT2D eigenvalue weighted by Gasteiger charge is 2.40. The Bertz CT molecular complexity index is 1320. The molecule has 0 amide bonds. The van der Waals surface area contributed by atoms with Crippen LogP contribution in [-0.4, -0.2) is 17.2 Å². The molecule has 2 heterocycles. The van der Waals surface area contributed by atoms with Gasteiger partial charge in [-0.05, 0) is 77.4 Å². The molecule has 3 nitrogen and oxygen atoms in total. The van der Waals surface area contributed by atoms with Gasteiger partial charge in [0.15, 0.2) is 5.17 Å². The summed E-state index contributed by atoms with van der Waals surface area (Å²) in [6, 6.07) is 30.0. The number of thioether (sulfide) groups is 1. The summed E-state index contributed by atoms with van der Waals surface area (Å²) in [6.45, 7) is 0. The Kier molecular flexibility index (Phi) is 5.60. The van der Waals surface area contributed by atoms with E-state index >= 15 is 0 Å². The van der Waals surface area contributed by atoms with Crippen molar-refractivity contribution in [3.8, 4) is 5.75 Å². The maximum Gasteiger partial charge on any atom is 0.174 e. The average molecular weight is 463 g/mol. The van der Waals surface area contributed by atoms with Crippen LogP contribution in [0.5, 0.6) is 5.75 Å². The zero-order valence-corrected chi connectivity index (χ0v) is 20.0. The number of methoxy groups -OCH3 is 1. The van der Waals surface area contributed by atoms with Crippen LogP contribution in [0.25, 0.3) is 11.8 Å². The third-order valence-corrected chi connectivity index (χ3v) is 7.52. The molecule has 34 heavy (non-hydrogen) atoms. The van der Waals surface area contributed by atoms with E-state index in [9.17, 15) is 0 Å². The zero-order valence-electron chi connectivity index (χ0n) is 19.1. The lowest BCUT2D eigenvalue weighted by Crippen LogP contribution is -2.34. The molecule has 3 aromatic carbocycles. The fourth-order valence-electron chi connectivity index (χ4n) is 5.07. The third-order valence-electron chi connectivity index (χ3n) is 6.68. The van der Waals surface area contributed by atoms with Crippen molar-refractivity contribution in [3.63, 3.8) is 0 Å². The Hall–Kier alpha value is -3.50. The molecule has 3 aliphatic rings. The Morgan fingerprint density at radius 1 is 0.912 bits per heavy atom. The Morgan fingerprint density at radius 3 is 2.38 bits per heavy atom. The molecule has 1 aliphatic carbocycles. The van der Waals surface area contributed by atoms with Crippen LogP contribution < -0.4 is 4.74 Å². The molecule has 0 saturated heterocycles. The number of aliphatic imine (C=N–C) groups is 1. The zero-order chi connectivity index (χ0) is 22.9. The Morgan fingerprint density at radius 2 is 1.65 bits per heavy atom. The number of benzene rings is 3. The van der Waals surface area contributed by atoms with Gasteiger partial charge in [-0.3, -0.25) is 0 Å². The average Bonchev–Trinajstić information content (AvgIpc) is 3.32. The summed E-state index contributed by atoms with van der Waals surface area (Å²) in [6.07, 6.45) is 5.60. The number of nitrogens with zero attached hydrogens (tertiary/aromatic N) is 2. The monoisotopic (exact) mass is 462 g/mol. The Labute approximate surface area is 205 Å². The molecule has 0 saturated carbocycles. The fraction of sp³-hybridized carbons (Fsp3) is 0.167. The molecule has 2 aliphatic heterocycles. The van der Waals surface area contributed by atoms with Crippen LogP contribution >= 0.6 is 11.8 Å². The van der Waals surface area contributed by atoms with Gasteiger partial charge in [-0.15, -0.1) is 0 Å². The van der Waals surface area contributed by atoms with E-state index in [-0.39, 0.29) is 6.04 Å². The topological polar surface area (TPSA) is 24.8 Å². The van der Waals surface area contributed by atoms with E-state index < -0.39 is 0 Å². The molecule has 0 bridgehead atoms. The molecule has 0 spiro atoms. The second kappa shape index (κ2) is 9.03. The van der Waals surface area contributed by atoms with Gasteiger partial charge in [-0.2, -0.15) is 0 Å². The SMILES string of the molecule is COc1ccc(C2=CSC3=NC4=C(CCC/C4=C\c4ccccc4)C(c4ccccc4)N23)cc1. The molecule has 0 radical (unpaired) electrons. The summed E-state index contributed by atoms with van der Waals surface area (Å²) >= 11 is 1.72. The van der Waals surface area contributed by atoms with Crippen LogP contribution in [-0.2, 0) is 0 Å². The van der Waals surface area contributed by atoms with Crippen LogP contribution in [0.2, 0.25) is 0 Å². The van der Waals surface area contributed by atoms with Crippen molar-refractivity contribution in [3.05, 3.63) is 124 Å². The molecule has 1 unspecified atom stereocenters. The van der Waals surface area contributed by atoms with Crippen molar-refractivity contribution in [2.75, 3.05) is 7.11 Å². The van der Waals surface area contributed by atoms with E-state index in [0.29, 0.717) is 0 Å². The van der Waals surface area contributed by atoms with Crippen molar-refractivity contribution < 1.29 is 4.74 Å². The van der Waals surface area contributed by atoms with Gasteiger partial charge in [0.2, 0.25) is 0 Å². The minimum Gasteiger partial charge on any atom is -0.497 e. The molecular formula is C30H26N2OS. The van der Waals surface area contributed by atoms with Gasteiger partial charge in [0.25, 0.3) is 0 Å². The predicted octanol–water partition coefficient (Wildman–Crippen LogP) is 7.67. The third kappa shape index (κ3) is 3.78. The van der Waals surface area contributed by atoms with E-state index in [1.54, 1.807) is 18.9 Å². The second-order valence-corrected chi connectivity index (χ2v) is 9.57. The molecule has 168 valence electrons. The molecule has 0 fully saturated rings. The van der Waals surface area contributed by atoms with Gasteiger partial charge in [0, 0.05) is 5.41 Å². The molecule has 4 heteroatoms. The van der Waals surface area contributed by atoms with Gasteiger partial charge in [0.1, 0.15) is 5.75 Å². The fourth-order valence-corrected chi connectivity index (χ4v) is 6.00. The lowest BCUT2D eigenvalue weighted by atomic mass is 9.83. The molecular weight excluding hydrogens is 436 g/mol. The first kappa shape index (κ1) is 21.1. The van der Waals surface area contributed by atoms with Crippen LogP contribution in [0.3, 0.4) is 0 Å². The number of allylic oxidation sites excluding steroid dienone is 1. The van der Waals surface area contributed by atoms with Crippen molar-refractivity contribution in [2.45, 2.75) is 25.3 Å². The highest BCUT2D eigenvalue weighted by Crippen LogP contribution is 2.51. The number of hydrogen-bond acceptors (Lipinski definition) is 4. The van der Waals surface area contributed by atoms with Gasteiger partial charge < -0.3 is 9.64 Å². The van der Waals surface area contributed by atoms with E-state index in [1.807, 2.05) is 12.1 Å². The summed E-state index contributed by atoms with van der Waals surface area (Å²) in [5.41, 5.74) is 8.88. The summed E-state index contributed by atoms with van der Waals surface area (Å²) < 4.78 is 5.38. The molecule has 0 N–H and O–H groups in total. The van der Waals surface area contributed by atoms with Gasteiger partial charge in [0.05, 0.1) is 24.5 Å². The number of ether oxygens (including phenoxy) is 1. The van der Waals surface area contributed by atoms with E-state index in [1.165, 1.54) is 39.2 Å². The summed E-state index contributed by atoms with van der Waals surface area (Å²) in [4.78, 5) is 7.71. The minimum atomic E-state index is 0.145. The first-order valence-electron chi connectivity index (χ1n) is 11.7. The number of rotatable bonds is 4. The largest absolute Gasteiger partial charge is 0.497 e. The van der Waals surface area contributed by atoms with Crippen molar-refractivity contribution in [1.29, 1.82) is 0 Å². The van der Waals surface area contributed by atoms with Crippen molar-refractivity contribution >= 4 is 28.7 Å². The van der Waals surface area contributed by atoms with Crippen LogP contribution in [0.15, 0.2) is 112 Å². The predicted molar refractivity (Wildman–Crippen MR) is 142 cm³/mol. The molecule has 3 aromatic rings. The second-order valence-electron chi connectivity index (χ2n) is 8.73. The van der Waals surface area contributed by atoms with E-state index in [4.69, 9.17) is 9.73 Å². The maximum absolute atomic E-state index is 5.38. The first-order chi connectivity index (χ1) is 16.8. The van der Waals surface area contributed by atoms with E-state index in [0.717, 1.165) is 30.2 Å². The number of amidine groups is 1.